The molecule has 1 fully saturated rings. The molecule has 0 aromatic heterocycles. The highest BCUT2D eigenvalue weighted by Gasteiger charge is 2.51. The van der Waals surface area contributed by atoms with E-state index in [1.54, 1.807) is 20.8 Å². The molecule has 3 N–H and O–H groups in total. The van der Waals surface area contributed by atoms with E-state index in [2.05, 4.69) is 5.32 Å². The van der Waals surface area contributed by atoms with Crippen LogP contribution in [0, 0.1) is 0 Å². The Kier molecular flexibility index (Phi) is 2.78. The zero-order chi connectivity index (χ0) is 11.9. The van der Waals surface area contributed by atoms with E-state index in [0.29, 0.717) is 6.42 Å². The molecule has 0 aliphatic carbocycles. The molecule has 86 valence electrons. The van der Waals surface area contributed by atoms with Crippen molar-refractivity contribution in [3.05, 3.63) is 0 Å². The van der Waals surface area contributed by atoms with Gasteiger partial charge in [0.05, 0.1) is 5.54 Å². The van der Waals surface area contributed by atoms with Gasteiger partial charge in [-0.1, -0.05) is 6.92 Å². The Bertz CT molecular complexity index is 301. The van der Waals surface area contributed by atoms with Crippen molar-refractivity contribution in [3.8, 4) is 0 Å². The Balaban J connectivity index is 3.04. The maximum absolute atomic E-state index is 12.1. The SMILES string of the molecule is CCC1(C)NC(=O)N(C(C)(C)CN)C1=O. The van der Waals surface area contributed by atoms with E-state index in [4.69, 9.17) is 5.73 Å². The van der Waals surface area contributed by atoms with Gasteiger partial charge in [0.1, 0.15) is 5.54 Å². The first kappa shape index (κ1) is 12.0. The van der Waals surface area contributed by atoms with E-state index in [9.17, 15) is 9.59 Å². The molecule has 15 heavy (non-hydrogen) atoms. The second-order valence-electron chi connectivity index (χ2n) is 4.77. The number of imide groups is 1. The fourth-order valence-electron chi connectivity index (χ4n) is 1.57. The molecule has 1 atom stereocenters. The highest BCUT2D eigenvalue weighted by molar-refractivity contribution is 6.07. The molecule has 0 spiro atoms. The van der Waals surface area contributed by atoms with Crippen LogP contribution in [0.4, 0.5) is 4.79 Å². The molecular weight excluding hydrogens is 194 g/mol. The third kappa shape index (κ3) is 1.71. The Morgan fingerprint density at radius 3 is 2.33 bits per heavy atom. The first-order chi connectivity index (χ1) is 6.78. The summed E-state index contributed by atoms with van der Waals surface area (Å²) in [6.45, 7) is 7.43. The lowest BCUT2D eigenvalue weighted by molar-refractivity contribution is -0.134. The number of carbonyl (C=O) groups excluding carboxylic acids is 2. The van der Waals surface area contributed by atoms with Crippen molar-refractivity contribution >= 4 is 11.9 Å². The lowest BCUT2D eigenvalue weighted by atomic mass is 9.96. The maximum Gasteiger partial charge on any atom is 0.325 e. The van der Waals surface area contributed by atoms with Crippen molar-refractivity contribution in [2.75, 3.05) is 6.54 Å². The van der Waals surface area contributed by atoms with Gasteiger partial charge in [0.2, 0.25) is 0 Å². The fourth-order valence-corrected chi connectivity index (χ4v) is 1.57. The number of carbonyl (C=O) groups is 2. The predicted octanol–water partition coefficient (Wildman–Crippen LogP) is 0.444. The summed E-state index contributed by atoms with van der Waals surface area (Å²) < 4.78 is 0. The molecule has 0 radical (unpaired) electrons. The Hall–Kier alpha value is -1.10. The summed E-state index contributed by atoms with van der Waals surface area (Å²) in [7, 11) is 0. The van der Waals surface area contributed by atoms with Gasteiger partial charge in [0, 0.05) is 6.54 Å². The van der Waals surface area contributed by atoms with Crippen molar-refractivity contribution in [1.29, 1.82) is 0 Å². The number of nitrogens with two attached hydrogens (primary N) is 1. The topological polar surface area (TPSA) is 75.4 Å². The molecule has 1 heterocycles. The maximum atomic E-state index is 12.1. The van der Waals surface area contributed by atoms with Crippen LogP contribution in [0.1, 0.15) is 34.1 Å². The summed E-state index contributed by atoms with van der Waals surface area (Å²) in [4.78, 5) is 25.0. The van der Waals surface area contributed by atoms with E-state index >= 15 is 0 Å². The van der Waals surface area contributed by atoms with Crippen LogP contribution in [0.15, 0.2) is 0 Å². The quantitative estimate of drug-likeness (QED) is 0.668. The number of hydrogen-bond acceptors (Lipinski definition) is 3. The van der Waals surface area contributed by atoms with Gasteiger partial charge in [-0.25, -0.2) is 4.79 Å². The van der Waals surface area contributed by atoms with Gasteiger partial charge in [0.15, 0.2) is 0 Å². The third-order valence-electron chi connectivity index (χ3n) is 3.07. The average Bonchev–Trinajstić information content (AvgIpc) is 2.39. The van der Waals surface area contributed by atoms with E-state index < -0.39 is 11.1 Å². The van der Waals surface area contributed by atoms with Crippen molar-refractivity contribution in [2.45, 2.75) is 45.2 Å². The zero-order valence-corrected chi connectivity index (χ0v) is 9.76. The second-order valence-corrected chi connectivity index (χ2v) is 4.77. The average molecular weight is 213 g/mol. The third-order valence-corrected chi connectivity index (χ3v) is 3.07. The summed E-state index contributed by atoms with van der Waals surface area (Å²) in [5.74, 6) is -0.189. The lowest BCUT2D eigenvalue weighted by Crippen LogP contribution is -2.53. The van der Waals surface area contributed by atoms with Crippen LogP contribution in [0.25, 0.3) is 0 Å². The van der Waals surface area contributed by atoms with Gasteiger partial charge < -0.3 is 11.1 Å². The normalized spacial score (nSPS) is 27.1. The molecule has 1 aliphatic heterocycles. The molecule has 5 heteroatoms. The number of nitrogens with one attached hydrogen (secondary N) is 1. The van der Waals surface area contributed by atoms with Crippen molar-refractivity contribution in [1.82, 2.24) is 10.2 Å². The van der Waals surface area contributed by atoms with Gasteiger partial charge in [-0.3, -0.25) is 9.69 Å². The van der Waals surface area contributed by atoms with Crippen LogP contribution in [-0.4, -0.2) is 34.5 Å². The van der Waals surface area contributed by atoms with Crippen molar-refractivity contribution < 1.29 is 9.59 Å². The van der Waals surface area contributed by atoms with Crippen LogP contribution in [-0.2, 0) is 4.79 Å². The molecule has 0 bridgehead atoms. The first-order valence-corrected chi connectivity index (χ1v) is 5.15. The molecule has 1 unspecified atom stereocenters. The van der Waals surface area contributed by atoms with E-state index in [1.807, 2.05) is 6.92 Å². The number of urea groups is 1. The molecule has 1 saturated heterocycles. The molecule has 0 saturated carbocycles. The van der Waals surface area contributed by atoms with Crippen LogP contribution in [0.3, 0.4) is 0 Å². The minimum Gasteiger partial charge on any atom is -0.328 e. The monoisotopic (exact) mass is 213 g/mol. The molecule has 5 nitrogen and oxygen atoms in total. The summed E-state index contributed by atoms with van der Waals surface area (Å²) in [5, 5.41) is 2.70. The highest BCUT2D eigenvalue weighted by atomic mass is 16.2. The number of amides is 3. The Morgan fingerprint density at radius 2 is 2.00 bits per heavy atom. The number of nitrogens with zero attached hydrogens (tertiary/aromatic N) is 1. The minimum atomic E-state index is -0.774. The predicted molar refractivity (Wildman–Crippen MR) is 57.2 cm³/mol. The van der Waals surface area contributed by atoms with Gasteiger partial charge in [-0.05, 0) is 27.2 Å². The van der Waals surface area contributed by atoms with E-state index in [-0.39, 0.29) is 18.5 Å². The summed E-state index contributed by atoms with van der Waals surface area (Å²) >= 11 is 0. The zero-order valence-electron chi connectivity index (χ0n) is 9.76. The second kappa shape index (κ2) is 3.48. The minimum absolute atomic E-state index is 0.189. The van der Waals surface area contributed by atoms with E-state index in [1.165, 1.54) is 4.90 Å². The van der Waals surface area contributed by atoms with Crippen LogP contribution >= 0.6 is 0 Å². The number of hydrogen-bond donors (Lipinski definition) is 2. The van der Waals surface area contributed by atoms with Crippen LogP contribution in [0.2, 0.25) is 0 Å². The standard InChI is InChI=1S/C10H19N3O2/c1-5-10(4)7(14)13(8(15)12-10)9(2,3)6-11/h5-6,11H2,1-4H3,(H,12,15). The van der Waals surface area contributed by atoms with Gasteiger partial charge in [-0.15, -0.1) is 0 Å². The molecule has 1 rings (SSSR count). The molecular formula is C10H19N3O2. The van der Waals surface area contributed by atoms with E-state index in [0.717, 1.165) is 0 Å². The fraction of sp³-hybridized carbons (Fsp3) is 0.800. The molecule has 0 aromatic rings. The van der Waals surface area contributed by atoms with Gasteiger partial charge in [-0.2, -0.15) is 0 Å². The Morgan fingerprint density at radius 1 is 1.47 bits per heavy atom. The summed E-state index contributed by atoms with van der Waals surface area (Å²) in [6, 6.07) is -0.347. The van der Waals surface area contributed by atoms with Gasteiger partial charge >= 0.3 is 6.03 Å². The van der Waals surface area contributed by atoms with Crippen LogP contribution in [0.5, 0.6) is 0 Å². The van der Waals surface area contributed by atoms with Gasteiger partial charge in [0.25, 0.3) is 5.91 Å². The Labute approximate surface area is 90.0 Å². The highest BCUT2D eigenvalue weighted by Crippen LogP contribution is 2.26. The lowest BCUT2D eigenvalue weighted by Gasteiger charge is -2.32. The van der Waals surface area contributed by atoms with Crippen molar-refractivity contribution in [3.63, 3.8) is 0 Å². The van der Waals surface area contributed by atoms with Crippen molar-refractivity contribution in [2.24, 2.45) is 5.73 Å². The first-order valence-electron chi connectivity index (χ1n) is 5.15. The summed E-state index contributed by atoms with van der Waals surface area (Å²) in [5.41, 5.74) is 4.16. The molecule has 3 amide bonds. The molecule has 0 aromatic carbocycles. The van der Waals surface area contributed by atoms with Crippen LogP contribution < -0.4 is 11.1 Å². The number of rotatable bonds is 3. The smallest absolute Gasteiger partial charge is 0.325 e. The largest absolute Gasteiger partial charge is 0.328 e. The summed E-state index contributed by atoms with van der Waals surface area (Å²) in [6.07, 6.45) is 0.578. The molecule has 1 aliphatic rings.